The highest BCUT2D eigenvalue weighted by atomic mass is 79.9. The molecule has 5 rings (SSSR count). The molecule has 200 valence electrons. The van der Waals surface area contributed by atoms with Gasteiger partial charge in [-0.1, -0.05) is 30.3 Å². The van der Waals surface area contributed by atoms with Crippen LogP contribution in [0.4, 0.5) is 0 Å². The van der Waals surface area contributed by atoms with Gasteiger partial charge in [0.05, 0.1) is 17.7 Å². The number of ether oxygens (including phenoxy) is 3. The number of Topliss-reactive ketones (excluding diaryl/α,β-unsaturated/α-hetero) is 2. The molecule has 2 aromatic carbocycles. The average Bonchev–Trinajstić information content (AvgIpc) is 2.92. The van der Waals surface area contributed by atoms with Crippen LogP contribution < -0.4 is 9.47 Å². The van der Waals surface area contributed by atoms with Crippen molar-refractivity contribution in [3.63, 3.8) is 0 Å². The molecule has 0 radical (unpaired) electrons. The Morgan fingerprint density at radius 2 is 1.58 bits per heavy atom. The second kappa shape index (κ2) is 11.9. The van der Waals surface area contributed by atoms with Crippen LogP contribution in [0.3, 0.4) is 0 Å². The van der Waals surface area contributed by atoms with Crippen molar-refractivity contribution >= 4 is 27.5 Å². The fourth-order valence-corrected chi connectivity index (χ4v) is 6.46. The van der Waals surface area contributed by atoms with Gasteiger partial charge >= 0.3 is 0 Å². The molecule has 1 heterocycles. The lowest BCUT2D eigenvalue weighted by atomic mass is 9.71. The number of rotatable bonds is 9. The van der Waals surface area contributed by atoms with E-state index in [1.807, 2.05) is 49.4 Å². The van der Waals surface area contributed by atoms with Crippen molar-refractivity contribution < 1.29 is 23.8 Å². The fourth-order valence-electron chi connectivity index (χ4n) is 5.89. The minimum Gasteiger partial charge on any atom is -0.490 e. The van der Waals surface area contributed by atoms with Crippen molar-refractivity contribution in [3.05, 3.63) is 80.6 Å². The lowest BCUT2D eigenvalue weighted by Crippen LogP contribution is -2.40. The Labute approximate surface area is 232 Å². The molecule has 38 heavy (non-hydrogen) atoms. The van der Waals surface area contributed by atoms with Crippen LogP contribution in [0, 0.1) is 0 Å². The van der Waals surface area contributed by atoms with Crippen molar-refractivity contribution in [2.24, 2.45) is 0 Å². The van der Waals surface area contributed by atoms with Crippen molar-refractivity contribution in [2.45, 2.75) is 58.0 Å². The summed E-state index contributed by atoms with van der Waals surface area (Å²) in [6.45, 7) is 3.98. The first-order valence-corrected chi connectivity index (χ1v) is 14.2. The predicted molar refractivity (Wildman–Crippen MR) is 149 cm³/mol. The van der Waals surface area contributed by atoms with E-state index in [0.29, 0.717) is 50.7 Å². The highest BCUT2D eigenvalue weighted by Gasteiger charge is 2.43. The molecule has 0 amide bonds. The van der Waals surface area contributed by atoms with Crippen molar-refractivity contribution in [3.8, 4) is 11.5 Å². The number of ketones is 2. The van der Waals surface area contributed by atoms with Crippen molar-refractivity contribution in [1.82, 2.24) is 4.90 Å². The van der Waals surface area contributed by atoms with Gasteiger partial charge in [-0.3, -0.25) is 9.59 Å². The summed E-state index contributed by atoms with van der Waals surface area (Å²) < 4.78 is 18.4. The van der Waals surface area contributed by atoms with Gasteiger partial charge in [-0.05, 0) is 71.8 Å². The molecule has 0 saturated heterocycles. The molecular weight excluding hydrogens is 546 g/mol. The quantitative estimate of drug-likeness (QED) is 0.338. The average molecular weight is 581 g/mol. The molecule has 1 aliphatic heterocycles. The lowest BCUT2D eigenvalue weighted by molar-refractivity contribution is -0.117. The summed E-state index contributed by atoms with van der Waals surface area (Å²) in [7, 11) is 1.68. The topological polar surface area (TPSA) is 65.1 Å². The molecule has 0 unspecified atom stereocenters. The number of carbonyl (C=O) groups excluding carboxylic acids is 2. The molecule has 0 saturated carbocycles. The molecule has 0 atom stereocenters. The lowest BCUT2D eigenvalue weighted by Gasteiger charge is -2.44. The Hall–Kier alpha value is -2.90. The number of benzene rings is 2. The van der Waals surface area contributed by atoms with Gasteiger partial charge in [-0.15, -0.1) is 0 Å². The third-order valence-corrected chi connectivity index (χ3v) is 8.09. The van der Waals surface area contributed by atoms with Crippen LogP contribution in [0.1, 0.15) is 62.5 Å². The van der Waals surface area contributed by atoms with Crippen LogP contribution in [0.25, 0.3) is 0 Å². The summed E-state index contributed by atoms with van der Waals surface area (Å²) in [5, 5.41) is 0. The maximum atomic E-state index is 13.5. The van der Waals surface area contributed by atoms with Crippen molar-refractivity contribution in [2.75, 3.05) is 26.9 Å². The van der Waals surface area contributed by atoms with Crippen LogP contribution in [0.2, 0.25) is 0 Å². The number of hydrogen-bond acceptors (Lipinski definition) is 6. The van der Waals surface area contributed by atoms with E-state index < -0.39 is 5.92 Å². The Bertz CT molecular complexity index is 1240. The van der Waals surface area contributed by atoms with E-state index in [-0.39, 0.29) is 11.6 Å². The summed E-state index contributed by atoms with van der Waals surface area (Å²) in [6, 6.07) is 13.9. The molecule has 0 N–H and O–H groups in total. The largest absolute Gasteiger partial charge is 0.490 e. The molecule has 0 fully saturated rings. The zero-order valence-corrected chi connectivity index (χ0v) is 23.6. The zero-order chi connectivity index (χ0) is 26.6. The monoisotopic (exact) mass is 579 g/mol. The van der Waals surface area contributed by atoms with Gasteiger partial charge in [-0.25, -0.2) is 0 Å². The first-order valence-electron chi connectivity index (χ1n) is 13.4. The maximum absolute atomic E-state index is 13.5. The molecule has 2 aliphatic carbocycles. The number of allylic oxidation sites excluding steroid dienone is 4. The van der Waals surface area contributed by atoms with Crippen LogP contribution >= 0.6 is 15.9 Å². The number of halogens is 1. The van der Waals surface area contributed by atoms with Gasteiger partial charge in [0.2, 0.25) is 0 Å². The SMILES string of the molecule is CCOc1cc(C2C3=C(CCCC3=O)N(CCOC)C3=C2C(=O)CCC3)cc(Br)c1OCc1ccccc1. The third kappa shape index (κ3) is 5.19. The molecule has 3 aliphatic rings. The maximum Gasteiger partial charge on any atom is 0.175 e. The fraction of sp³-hybridized carbons (Fsp3) is 0.419. The smallest absolute Gasteiger partial charge is 0.175 e. The Kier molecular flexibility index (Phi) is 8.34. The van der Waals surface area contributed by atoms with Crippen LogP contribution in [-0.2, 0) is 20.9 Å². The van der Waals surface area contributed by atoms with E-state index in [2.05, 4.69) is 20.8 Å². The van der Waals surface area contributed by atoms with Crippen LogP contribution in [0.5, 0.6) is 11.5 Å². The summed E-state index contributed by atoms with van der Waals surface area (Å²) in [5.74, 6) is 1.07. The second-order valence-corrected chi connectivity index (χ2v) is 10.7. The highest BCUT2D eigenvalue weighted by Crippen LogP contribution is 2.51. The van der Waals surface area contributed by atoms with E-state index in [0.717, 1.165) is 63.8 Å². The van der Waals surface area contributed by atoms with Crippen LogP contribution in [-0.4, -0.2) is 43.3 Å². The Balaban J connectivity index is 1.61. The van der Waals surface area contributed by atoms with E-state index in [9.17, 15) is 9.59 Å². The normalized spacial score (nSPS) is 18.0. The minimum absolute atomic E-state index is 0.127. The van der Waals surface area contributed by atoms with Crippen LogP contribution in [0.15, 0.2) is 69.5 Å². The predicted octanol–water partition coefficient (Wildman–Crippen LogP) is 6.49. The van der Waals surface area contributed by atoms with E-state index in [4.69, 9.17) is 14.2 Å². The summed E-state index contributed by atoms with van der Waals surface area (Å²) in [6.07, 6.45) is 4.30. The summed E-state index contributed by atoms with van der Waals surface area (Å²) in [4.78, 5) is 29.3. The van der Waals surface area contributed by atoms with Gasteiger partial charge in [-0.2, -0.15) is 0 Å². The summed E-state index contributed by atoms with van der Waals surface area (Å²) in [5.41, 5.74) is 5.55. The highest BCUT2D eigenvalue weighted by molar-refractivity contribution is 9.10. The van der Waals surface area contributed by atoms with Gasteiger partial charge in [0.1, 0.15) is 6.61 Å². The molecule has 0 aromatic heterocycles. The number of nitrogens with zero attached hydrogens (tertiary/aromatic N) is 1. The molecule has 7 heteroatoms. The number of hydrogen-bond donors (Lipinski definition) is 0. The van der Waals surface area contributed by atoms with Gasteiger partial charge in [0.25, 0.3) is 0 Å². The Morgan fingerprint density at radius 1 is 0.921 bits per heavy atom. The molecular formula is C31H34BrNO5. The number of carbonyl (C=O) groups is 2. The molecule has 2 aromatic rings. The Morgan fingerprint density at radius 3 is 2.18 bits per heavy atom. The second-order valence-electron chi connectivity index (χ2n) is 9.89. The van der Waals surface area contributed by atoms with Gasteiger partial charge < -0.3 is 19.1 Å². The molecule has 0 bridgehead atoms. The van der Waals surface area contributed by atoms with Gasteiger partial charge in [0.15, 0.2) is 23.1 Å². The van der Waals surface area contributed by atoms with E-state index in [1.54, 1.807) is 7.11 Å². The van der Waals surface area contributed by atoms with E-state index >= 15 is 0 Å². The first-order chi connectivity index (χ1) is 18.5. The minimum atomic E-state index is -0.405. The standard InChI is InChI=1S/C31H34BrNO5/c1-3-37-27-18-21(17-22(32)31(27)38-19-20-9-5-4-6-10-20)28-29-23(11-7-13-25(29)34)33(15-16-36-2)24-12-8-14-26(35)30(24)28/h4-6,9-10,17-18,28H,3,7-8,11-16,19H2,1-2H3. The van der Waals surface area contributed by atoms with Gasteiger partial charge in [0, 0.05) is 55.0 Å². The number of methoxy groups -OCH3 is 1. The summed E-state index contributed by atoms with van der Waals surface area (Å²) >= 11 is 3.73. The van der Waals surface area contributed by atoms with Crippen molar-refractivity contribution in [1.29, 1.82) is 0 Å². The molecule has 0 spiro atoms. The zero-order valence-electron chi connectivity index (χ0n) is 22.1. The first kappa shape index (κ1) is 26.7. The van der Waals surface area contributed by atoms with E-state index in [1.165, 1.54) is 0 Å². The third-order valence-electron chi connectivity index (χ3n) is 7.50. The molecule has 6 nitrogen and oxygen atoms in total.